The Hall–Kier alpha value is -3.97. The van der Waals surface area contributed by atoms with Gasteiger partial charge in [-0.05, 0) is 64.8 Å². The third-order valence-electron chi connectivity index (χ3n) is 6.37. The molecular weight excluding hydrogens is 406 g/mol. The number of allylic oxidation sites excluding steroid dienone is 1. The van der Waals surface area contributed by atoms with E-state index >= 15 is 0 Å². The van der Waals surface area contributed by atoms with Gasteiger partial charge in [0.15, 0.2) is 0 Å². The Morgan fingerprint density at radius 1 is 1.00 bits per heavy atom. The maximum absolute atomic E-state index is 12.8. The summed E-state index contributed by atoms with van der Waals surface area (Å²) < 4.78 is 2.08. The lowest BCUT2D eigenvalue weighted by atomic mass is 9.93. The van der Waals surface area contributed by atoms with Gasteiger partial charge in [-0.3, -0.25) is 4.79 Å². The number of hydrogen-bond acceptors (Lipinski definition) is 3. The molecule has 0 unspecified atom stereocenters. The van der Waals surface area contributed by atoms with Crippen LogP contribution >= 0.6 is 0 Å². The van der Waals surface area contributed by atoms with Gasteiger partial charge < -0.3 is 4.57 Å². The van der Waals surface area contributed by atoms with E-state index in [1.165, 1.54) is 11.1 Å². The number of nitrogens with zero attached hydrogens (tertiary/aromatic N) is 3. The summed E-state index contributed by atoms with van der Waals surface area (Å²) in [6, 6.07) is 24.3. The molecule has 33 heavy (non-hydrogen) atoms. The molecule has 3 aromatic carbocycles. The number of aromatic nitrogens is 2. The van der Waals surface area contributed by atoms with Gasteiger partial charge in [0, 0.05) is 19.0 Å². The first-order chi connectivity index (χ1) is 16.2. The summed E-state index contributed by atoms with van der Waals surface area (Å²) in [5.41, 5.74) is 8.29. The number of aryl methyl sites for hydroxylation is 3. The van der Waals surface area contributed by atoms with E-state index < -0.39 is 0 Å². The van der Waals surface area contributed by atoms with Crippen molar-refractivity contribution in [2.45, 2.75) is 39.2 Å². The van der Waals surface area contributed by atoms with Crippen LogP contribution in [0.1, 0.15) is 47.0 Å². The van der Waals surface area contributed by atoms with Crippen molar-refractivity contribution in [1.82, 2.24) is 9.55 Å². The molecule has 4 aromatic rings. The predicted molar refractivity (Wildman–Crippen MR) is 132 cm³/mol. The van der Waals surface area contributed by atoms with Crippen LogP contribution in [0.15, 0.2) is 77.6 Å². The van der Waals surface area contributed by atoms with E-state index in [2.05, 4.69) is 54.0 Å². The summed E-state index contributed by atoms with van der Waals surface area (Å²) in [6.07, 6.45) is 5.30. The van der Waals surface area contributed by atoms with Crippen LogP contribution < -0.4 is 5.43 Å². The first-order valence-corrected chi connectivity index (χ1v) is 11.5. The summed E-state index contributed by atoms with van der Waals surface area (Å²) in [7, 11) is 0. The highest BCUT2D eigenvalue weighted by Gasteiger charge is 2.19. The Morgan fingerprint density at radius 3 is 2.61 bits per heavy atom. The SMILES string of the molecule is CCCc1nc2ccccc(=O)c2n1Cc1ccc2c(c1)CCc1ccccc1/C2=C/C#N. The molecule has 0 N–H and O–H groups in total. The average Bonchev–Trinajstić information content (AvgIpc) is 2.95. The fourth-order valence-electron chi connectivity index (χ4n) is 4.88. The second kappa shape index (κ2) is 8.88. The Balaban J connectivity index is 1.61. The fraction of sp³-hybridized carbons (Fsp3) is 0.207. The van der Waals surface area contributed by atoms with Crippen molar-refractivity contribution in [3.8, 4) is 6.07 Å². The lowest BCUT2D eigenvalue weighted by molar-refractivity contribution is 0.719. The minimum absolute atomic E-state index is 0.00528. The second-order valence-corrected chi connectivity index (χ2v) is 8.52. The molecule has 0 bridgehead atoms. The number of fused-ring (bicyclic) bond motifs is 3. The molecule has 0 fully saturated rings. The molecule has 1 aromatic heterocycles. The summed E-state index contributed by atoms with van der Waals surface area (Å²) in [5, 5.41) is 9.45. The number of imidazole rings is 1. The van der Waals surface area contributed by atoms with Crippen molar-refractivity contribution < 1.29 is 0 Å². The molecular formula is C29H25N3O. The van der Waals surface area contributed by atoms with Crippen molar-refractivity contribution in [3.05, 3.63) is 117 Å². The van der Waals surface area contributed by atoms with Crippen LogP contribution in [-0.2, 0) is 25.8 Å². The maximum Gasteiger partial charge on any atom is 0.204 e. The van der Waals surface area contributed by atoms with Crippen LogP contribution in [0.3, 0.4) is 0 Å². The van der Waals surface area contributed by atoms with Crippen LogP contribution in [0.25, 0.3) is 16.6 Å². The minimum Gasteiger partial charge on any atom is -0.320 e. The van der Waals surface area contributed by atoms with Crippen molar-refractivity contribution in [1.29, 1.82) is 5.26 Å². The van der Waals surface area contributed by atoms with Crippen molar-refractivity contribution in [3.63, 3.8) is 0 Å². The Morgan fingerprint density at radius 2 is 1.76 bits per heavy atom. The predicted octanol–water partition coefficient (Wildman–Crippen LogP) is 5.45. The van der Waals surface area contributed by atoms with Gasteiger partial charge in [-0.15, -0.1) is 0 Å². The number of benzene rings is 2. The zero-order valence-corrected chi connectivity index (χ0v) is 18.7. The maximum atomic E-state index is 12.8. The third kappa shape index (κ3) is 3.87. The molecule has 0 saturated heterocycles. The molecule has 1 aliphatic carbocycles. The zero-order chi connectivity index (χ0) is 22.8. The topological polar surface area (TPSA) is 58.7 Å². The number of rotatable bonds is 4. The Kier molecular flexibility index (Phi) is 5.62. The molecule has 1 heterocycles. The van der Waals surface area contributed by atoms with Gasteiger partial charge in [0.1, 0.15) is 11.3 Å². The molecule has 0 atom stereocenters. The normalized spacial score (nSPS) is 13.9. The molecule has 0 aliphatic heterocycles. The second-order valence-electron chi connectivity index (χ2n) is 8.52. The number of nitriles is 1. The van der Waals surface area contributed by atoms with Crippen LogP contribution in [0.2, 0.25) is 0 Å². The highest BCUT2D eigenvalue weighted by Crippen LogP contribution is 2.34. The highest BCUT2D eigenvalue weighted by atomic mass is 16.1. The average molecular weight is 432 g/mol. The van der Waals surface area contributed by atoms with E-state index in [-0.39, 0.29) is 5.43 Å². The van der Waals surface area contributed by atoms with E-state index in [1.807, 2.05) is 18.2 Å². The zero-order valence-electron chi connectivity index (χ0n) is 18.7. The van der Waals surface area contributed by atoms with Gasteiger partial charge in [-0.25, -0.2) is 4.98 Å². The third-order valence-corrected chi connectivity index (χ3v) is 6.37. The van der Waals surface area contributed by atoms with E-state index in [0.29, 0.717) is 12.1 Å². The molecule has 0 spiro atoms. The van der Waals surface area contributed by atoms with Gasteiger partial charge in [0.2, 0.25) is 5.43 Å². The summed E-state index contributed by atoms with van der Waals surface area (Å²) in [4.78, 5) is 17.6. The minimum atomic E-state index is -0.00528. The molecule has 0 saturated carbocycles. The Labute approximate surface area is 193 Å². The van der Waals surface area contributed by atoms with Gasteiger partial charge in [-0.2, -0.15) is 5.26 Å². The van der Waals surface area contributed by atoms with Crippen LogP contribution in [-0.4, -0.2) is 9.55 Å². The number of hydrogen-bond donors (Lipinski definition) is 0. The summed E-state index contributed by atoms with van der Waals surface area (Å²) in [6.45, 7) is 2.73. The first kappa shape index (κ1) is 20.9. The lowest BCUT2D eigenvalue weighted by Gasteiger charge is -2.14. The molecule has 0 amide bonds. The first-order valence-electron chi connectivity index (χ1n) is 11.5. The van der Waals surface area contributed by atoms with Crippen molar-refractivity contribution in [2.24, 2.45) is 0 Å². The highest BCUT2D eigenvalue weighted by molar-refractivity contribution is 5.85. The molecule has 4 nitrogen and oxygen atoms in total. The van der Waals surface area contributed by atoms with Crippen LogP contribution in [0.4, 0.5) is 0 Å². The molecule has 0 radical (unpaired) electrons. The lowest BCUT2D eigenvalue weighted by Crippen LogP contribution is -2.10. The molecule has 4 heteroatoms. The quantitative estimate of drug-likeness (QED) is 0.404. The monoisotopic (exact) mass is 431 g/mol. The van der Waals surface area contributed by atoms with Gasteiger partial charge in [0.25, 0.3) is 0 Å². The summed E-state index contributed by atoms with van der Waals surface area (Å²) in [5.74, 6) is 0.947. The smallest absolute Gasteiger partial charge is 0.204 e. The van der Waals surface area contributed by atoms with Crippen LogP contribution in [0.5, 0.6) is 0 Å². The van der Waals surface area contributed by atoms with Gasteiger partial charge >= 0.3 is 0 Å². The molecule has 5 rings (SSSR count). The van der Waals surface area contributed by atoms with Gasteiger partial charge in [-0.1, -0.05) is 61.5 Å². The Bertz CT molecular complexity index is 1490. The fourth-order valence-corrected chi connectivity index (χ4v) is 4.88. The van der Waals surface area contributed by atoms with Crippen molar-refractivity contribution in [2.75, 3.05) is 0 Å². The van der Waals surface area contributed by atoms with E-state index in [0.717, 1.165) is 59.3 Å². The van der Waals surface area contributed by atoms with Crippen LogP contribution in [0, 0.1) is 11.3 Å². The largest absolute Gasteiger partial charge is 0.320 e. The molecule has 1 aliphatic rings. The standard InChI is InChI=1S/C29H25N3O/c1-2-7-28-31-26-10-5-6-11-27(33)29(26)32(28)19-20-12-15-24-22(18-20)14-13-21-8-3-4-9-23(21)25(24)16-17-30/h3-6,8-12,15-16,18H,2,7,13-14,19H2,1H3/b25-16-. The van der Waals surface area contributed by atoms with E-state index in [1.54, 1.807) is 18.2 Å². The van der Waals surface area contributed by atoms with Gasteiger partial charge in [0.05, 0.1) is 11.6 Å². The van der Waals surface area contributed by atoms with E-state index in [4.69, 9.17) is 4.98 Å². The van der Waals surface area contributed by atoms with E-state index in [9.17, 15) is 10.1 Å². The molecule has 162 valence electrons. The summed E-state index contributed by atoms with van der Waals surface area (Å²) >= 11 is 0. The van der Waals surface area contributed by atoms with Crippen molar-refractivity contribution >= 4 is 16.6 Å².